The van der Waals surface area contributed by atoms with Gasteiger partial charge in [0.25, 0.3) is 0 Å². The summed E-state index contributed by atoms with van der Waals surface area (Å²) < 4.78 is 5.98. The molecule has 3 nitrogen and oxygen atoms in total. The summed E-state index contributed by atoms with van der Waals surface area (Å²) >= 11 is 0. The van der Waals surface area contributed by atoms with Gasteiger partial charge in [0, 0.05) is 12.0 Å². The van der Waals surface area contributed by atoms with Crippen LogP contribution in [-0.2, 0) is 0 Å². The number of benzene rings is 1. The number of ether oxygens (including phenoxy) is 1. The second-order valence-corrected chi connectivity index (χ2v) is 6.27. The van der Waals surface area contributed by atoms with Crippen molar-refractivity contribution in [3.05, 3.63) is 29.3 Å². The fourth-order valence-corrected chi connectivity index (χ4v) is 2.52. The SMILES string of the molecule is CNC(C)(CO)CC(C)Oc1ccc(C(C)C)c(C)c1. The fraction of sp³-hybridized carbons (Fsp3) is 0.647. The maximum atomic E-state index is 9.42. The summed E-state index contributed by atoms with van der Waals surface area (Å²) in [5.41, 5.74) is 2.33. The molecule has 1 aromatic carbocycles. The van der Waals surface area contributed by atoms with Gasteiger partial charge in [0.1, 0.15) is 5.75 Å². The van der Waals surface area contributed by atoms with E-state index in [0.717, 1.165) is 12.2 Å². The minimum Gasteiger partial charge on any atom is -0.491 e. The van der Waals surface area contributed by atoms with E-state index in [1.807, 2.05) is 27.0 Å². The number of hydrogen-bond donors (Lipinski definition) is 2. The van der Waals surface area contributed by atoms with Crippen molar-refractivity contribution in [2.24, 2.45) is 0 Å². The Balaban J connectivity index is 2.71. The lowest BCUT2D eigenvalue weighted by Gasteiger charge is -2.30. The third-order valence-electron chi connectivity index (χ3n) is 3.89. The van der Waals surface area contributed by atoms with E-state index in [9.17, 15) is 5.11 Å². The number of aliphatic hydroxyl groups excluding tert-OH is 1. The van der Waals surface area contributed by atoms with Gasteiger partial charge in [-0.15, -0.1) is 0 Å². The van der Waals surface area contributed by atoms with E-state index >= 15 is 0 Å². The first-order valence-electron chi connectivity index (χ1n) is 7.38. The van der Waals surface area contributed by atoms with Crippen molar-refractivity contribution in [1.29, 1.82) is 0 Å². The molecule has 2 unspecified atom stereocenters. The Bertz CT molecular complexity index is 425. The number of aryl methyl sites for hydroxylation is 1. The molecule has 0 aliphatic rings. The molecule has 0 radical (unpaired) electrons. The highest BCUT2D eigenvalue weighted by molar-refractivity contribution is 5.36. The number of nitrogens with one attached hydrogen (secondary N) is 1. The Morgan fingerprint density at radius 1 is 1.30 bits per heavy atom. The van der Waals surface area contributed by atoms with Crippen LogP contribution in [0.25, 0.3) is 0 Å². The van der Waals surface area contributed by atoms with Crippen molar-refractivity contribution in [3.8, 4) is 5.75 Å². The molecule has 0 heterocycles. The molecule has 114 valence electrons. The lowest BCUT2D eigenvalue weighted by molar-refractivity contribution is 0.115. The van der Waals surface area contributed by atoms with Gasteiger partial charge in [-0.25, -0.2) is 0 Å². The molecular formula is C17H29NO2. The van der Waals surface area contributed by atoms with E-state index in [0.29, 0.717) is 5.92 Å². The van der Waals surface area contributed by atoms with E-state index in [4.69, 9.17) is 4.74 Å². The third-order valence-corrected chi connectivity index (χ3v) is 3.89. The number of likely N-dealkylation sites (N-methyl/N-ethyl adjacent to an activating group) is 1. The van der Waals surface area contributed by atoms with Crippen LogP contribution < -0.4 is 10.1 Å². The zero-order valence-electron chi connectivity index (χ0n) is 13.7. The summed E-state index contributed by atoms with van der Waals surface area (Å²) in [6, 6.07) is 6.28. The molecule has 20 heavy (non-hydrogen) atoms. The number of hydrogen-bond acceptors (Lipinski definition) is 3. The van der Waals surface area contributed by atoms with E-state index in [1.54, 1.807) is 0 Å². The van der Waals surface area contributed by atoms with Gasteiger partial charge in [-0.1, -0.05) is 19.9 Å². The summed E-state index contributed by atoms with van der Waals surface area (Å²) in [6.07, 6.45) is 0.800. The highest BCUT2D eigenvalue weighted by Crippen LogP contribution is 2.25. The summed E-state index contributed by atoms with van der Waals surface area (Å²) in [5.74, 6) is 1.43. The van der Waals surface area contributed by atoms with Crippen LogP contribution in [0.4, 0.5) is 0 Å². The molecule has 0 aliphatic carbocycles. The molecule has 2 N–H and O–H groups in total. The van der Waals surface area contributed by atoms with Crippen molar-refractivity contribution < 1.29 is 9.84 Å². The lowest BCUT2D eigenvalue weighted by Crippen LogP contribution is -2.46. The van der Waals surface area contributed by atoms with Gasteiger partial charge in [0.2, 0.25) is 0 Å². The Morgan fingerprint density at radius 2 is 1.95 bits per heavy atom. The molecule has 1 rings (SSSR count). The second-order valence-electron chi connectivity index (χ2n) is 6.27. The Labute approximate surface area is 123 Å². The smallest absolute Gasteiger partial charge is 0.119 e. The zero-order chi connectivity index (χ0) is 15.3. The van der Waals surface area contributed by atoms with Crippen LogP contribution in [0.3, 0.4) is 0 Å². The molecule has 0 spiro atoms. The standard InChI is InChI=1S/C17H29NO2/c1-12(2)16-8-7-15(9-13(16)3)20-14(4)10-17(5,11-19)18-6/h7-9,12,14,18-19H,10-11H2,1-6H3. The Kier molecular flexibility index (Phi) is 6.03. The molecule has 3 heteroatoms. The molecule has 0 saturated carbocycles. The zero-order valence-corrected chi connectivity index (χ0v) is 13.7. The Morgan fingerprint density at radius 3 is 2.40 bits per heavy atom. The first kappa shape index (κ1) is 17.0. The summed E-state index contributed by atoms with van der Waals surface area (Å²) in [5, 5.41) is 12.6. The molecule has 0 amide bonds. The molecule has 0 aliphatic heterocycles. The maximum absolute atomic E-state index is 9.42. The van der Waals surface area contributed by atoms with E-state index < -0.39 is 0 Å². The first-order valence-corrected chi connectivity index (χ1v) is 7.38. The average molecular weight is 279 g/mol. The second kappa shape index (κ2) is 7.09. The molecule has 0 bridgehead atoms. The fourth-order valence-electron chi connectivity index (χ4n) is 2.52. The quantitative estimate of drug-likeness (QED) is 0.805. The van der Waals surface area contributed by atoms with Crippen LogP contribution in [0.15, 0.2) is 18.2 Å². The van der Waals surface area contributed by atoms with Crippen LogP contribution in [0, 0.1) is 6.92 Å². The van der Waals surface area contributed by atoms with Crippen LogP contribution in [0.5, 0.6) is 5.75 Å². The van der Waals surface area contributed by atoms with Gasteiger partial charge in [0.05, 0.1) is 12.7 Å². The number of rotatable bonds is 7. The predicted molar refractivity (Wildman–Crippen MR) is 84.5 cm³/mol. The topological polar surface area (TPSA) is 41.5 Å². The van der Waals surface area contributed by atoms with Crippen LogP contribution in [0.1, 0.15) is 51.2 Å². The molecule has 1 aromatic rings. The minimum absolute atomic E-state index is 0.0453. The highest BCUT2D eigenvalue weighted by atomic mass is 16.5. The number of aliphatic hydroxyl groups is 1. The lowest BCUT2D eigenvalue weighted by atomic mass is 9.96. The van der Waals surface area contributed by atoms with Crippen molar-refractivity contribution in [3.63, 3.8) is 0 Å². The normalized spacial score (nSPS) is 16.0. The highest BCUT2D eigenvalue weighted by Gasteiger charge is 2.24. The van der Waals surface area contributed by atoms with Crippen molar-refractivity contribution in [2.45, 2.75) is 58.6 Å². The molecule has 2 atom stereocenters. The van der Waals surface area contributed by atoms with Gasteiger partial charge < -0.3 is 15.2 Å². The average Bonchev–Trinajstić information content (AvgIpc) is 2.38. The van der Waals surface area contributed by atoms with Crippen LogP contribution >= 0.6 is 0 Å². The minimum atomic E-state index is -0.299. The van der Waals surface area contributed by atoms with Gasteiger partial charge in [-0.05, 0) is 57.0 Å². The molecule has 0 fully saturated rings. The summed E-state index contributed by atoms with van der Waals surface area (Å²) in [7, 11) is 1.87. The van der Waals surface area contributed by atoms with E-state index in [2.05, 4.69) is 38.2 Å². The van der Waals surface area contributed by atoms with Gasteiger partial charge in [-0.3, -0.25) is 0 Å². The van der Waals surface area contributed by atoms with Gasteiger partial charge in [0.15, 0.2) is 0 Å². The van der Waals surface area contributed by atoms with E-state index in [-0.39, 0.29) is 18.2 Å². The van der Waals surface area contributed by atoms with E-state index in [1.165, 1.54) is 11.1 Å². The van der Waals surface area contributed by atoms with Crippen molar-refractivity contribution >= 4 is 0 Å². The molecular weight excluding hydrogens is 250 g/mol. The van der Waals surface area contributed by atoms with Crippen molar-refractivity contribution in [1.82, 2.24) is 5.32 Å². The summed E-state index contributed by atoms with van der Waals surface area (Å²) in [4.78, 5) is 0. The molecule has 0 saturated heterocycles. The maximum Gasteiger partial charge on any atom is 0.119 e. The first-order chi connectivity index (χ1) is 9.31. The summed E-state index contributed by atoms with van der Waals surface area (Å²) in [6.45, 7) is 10.7. The molecule has 0 aromatic heterocycles. The van der Waals surface area contributed by atoms with Crippen molar-refractivity contribution in [2.75, 3.05) is 13.7 Å². The largest absolute Gasteiger partial charge is 0.491 e. The van der Waals surface area contributed by atoms with Crippen LogP contribution in [-0.4, -0.2) is 30.4 Å². The van der Waals surface area contributed by atoms with Crippen LogP contribution in [0.2, 0.25) is 0 Å². The van der Waals surface area contributed by atoms with Gasteiger partial charge in [-0.2, -0.15) is 0 Å². The third kappa shape index (κ3) is 4.50. The van der Waals surface area contributed by atoms with Gasteiger partial charge >= 0.3 is 0 Å². The predicted octanol–water partition coefficient (Wildman–Crippen LogP) is 3.25. The Hall–Kier alpha value is -1.06. The monoisotopic (exact) mass is 279 g/mol.